The van der Waals surface area contributed by atoms with E-state index in [1.54, 1.807) is 24.4 Å². The molecular formula is C17H13ClFN3O2S. The molecule has 0 spiro atoms. The first kappa shape index (κ1) is 17.4. The molecule has 0 aliphatic carbocycles. The standard InChI is InChI=1S/C17H13ClFN3O2S/c18-14-7-12(3-6-15(14)19)9-24-13-4-1-11(2-5-13)8-20-22-17-21-16(23)10-25-17/h1-8H,9-10H2,(H,21,22,23). The number of thioether (sulfide) groups is 1. The van der Waals surface area contributed by atoms with Gasteiger partial charge in [0.1, 0.15) is 18.2 Å². The topological polar surface area (TPSA) is 63.0 Å². The lowest BCUT2D eigenvalue weighted by molar-refractivity contribution is -0.116. The van der Waals surface area contributed by atoms with Gasteiger partial charge in [0.05, 0.1) is 17.0 Å². The predicted molar refractivity (Wildman–Crippen MR) is 97.8 cm³/mol. The van der Waals surface area contributed by atoms with E-state index in [1.165, 1.54) is 23.9 Å². The molecule has 1 saturated heterocycles. The predicted octanol–water partition coefficient (Wildman–Crippen LogP) is 3.61. The highest BCUT2D eigenvalue weighted by molar-refractivity contribution is 8.15. The molecule has 2 aromatic carbocycles. The van der Waals surface area contributed by atoms with Crippen molar-refractivity contribution in [1.82, 2.24) is 5.32 Å². The molecule has 1 aliphatic rings. The lowest BCUT2D eigenvalue weighted by atomic mass is 10.2. The Morgan fingerprint density at radius 2 is 2.08 bits per heavy atom. The van der Waals surface area contributed by atoms with Crippen molar-refractivity contribution in [3.05, 3.63) is 64.4 Å². The highest BCUT2D eigenvalue weighted by Crippen LogP contribution is 2.18. The molecule has 0 radical (unpaired) electrons. The van der Waals surface area contributed by atoms with Crippen molar-refractivity contribution < 1.29 is 13.9 Å². The Morgan fingerprint density at radius 3 is 2.76 bits per heavy atom. The highest BCUT2D eigenvalue weighted by atomic mass is 35.5. The lowest BCUT2D eigenvalue weighted by Crippen LogP contribution is -2.19. The van der Waals surface area contributed by atoms with Crippen LogP contribution in [-0.4, -0.2) is 23.0 Å². The number of amidine groups is 1. The zero-order valence-electron chi connectivity index (χ0n) is 12.9. The van der Waals surface area contributed by atoms with E-state index in [4.69, 9.17) is 16.3 Å². The highest BCUT2D eigenvalue weighted by Gasteiger charge is 2.15. The number of benzene rings is 2. The zero-order chi connectivity index (χ0) is 17.6. The van der Waals surface area contributed by atoms with Crippen molar-refractivity contribution in [2.45, 2.75) is 6.61 Å². The first-order valence-corrected chi connectivity index (χ1v) is 8.67. The van der Waals surface area contributed by atoms with Gasteiger partial charge in [-0.05, 0) is 47.5 Å². The normalized spacial score (nSPS) is 15.8. The van der Waals surface area contributed by atoms with Crippen LogP contribution in [0.25, 0.3) is 0 Å². The quantitative estimate of drug-likeness (QED) is 0.639. The van der Waals surface area contributed by atoms with E-state index in [9.17, 15) is 9.18 Å². The van der Waals surface area contributed by atoms with Crippen LogP contribution in [0.4, 0.5) is 4.39 Å². The van der Waals surface area contributed by atoms with Crippen molar-refractivity contribution >= 4 is 40.7 Å². The fourth-order valence-corrected chi connectivity index (χ4v) is 2.81. The summed E-state index contributed by atoms with van der Waals surface area (Å²) in [5.41, 5.74) is 1.62. The summed E-state index contributed by atoms with van der Waals surface area (Å²) >= 11 is 7.06. The van der Waals surface area contributed by atoms with Crippen molar-refractivity contribution in [2.24, 2.45) is 10.2 Å². The average Bonchev–Trinajstić information content (AvgIpc) is 3.02. The van der Waals surface area contributed by atoms with Crippen LogP contribution >= 0.6 is 23.4 Å². The number of carbonyl (C=O) groups excluding carboxylic acids is 1. The maximum Gasteiger partial charge on any atom is 0.236 e. The molecule has 0 saturated carbocycles. The maximum atomic E-state index is 13.1. The van der Waals surface area contributed by atoms with Gasteiger partial charge in [0.25, 0.3) is 0 Å². The van der Waals surface area contributed by atoms with Gasteiger partial charge in [-0.15, -0.1) is 5.10 Å². The molecule has 1 fully saturated rings. The SMILES string of the molecule is O=C1CSC(=NN=Cc2ccc(OCc3ccc(F)c(Cl)c3)cc2)N1. The molecule has 0 bridgehead atoms. The van der Waals surface area contributed by atoms with Crippen molar-refractivity contribution in [2.75, 3.05) is 5.75 Å². The van der Waals surface area contributed by atoms with Crippen LogP contribution in [0, 0.1) is 5.82 Å². The van der Waals surface area contributed by atoms with Gasteiger partial charge in [-0.3, -0.25) is 4.79 Å². The van der Waals surface area contributed by atoms with E-state index in [2.05, 4.69) is 15.5 Å². The first-order valence-electron chi connectivity index (χ1n) is 7.30. The first-order chi connectivity index (χ1) is 12.1. The number of hydrogen-bond donors (Lipinski definition) is 1. The summed E-state index contributed by atoms with van der Waals surface area (Å²) < 4.78 is 18.7. The fraction of sp³-hybridized carbons (Fsp3) is 0.118. The summed E-state index contributed by atoms with van der Waals surface area (Å²) in [6.45, 7) is 0.290. The van der Waals surface area contributed by atoms with Gasteiger partial charge in [-0.25, -0.2) is 4.39 Å². The van der Waals surface area contributed by atoms with Crippen LogP contribution < -0.4 is 10.1 Å². The van der Waals surface area contributed by atoms with E-state index in [-0.39, 0.29) is 17.5 Å². The average molecular weight is 378 g/mol. The van der Waals surface area contributed by atoms with Crippen molar-refractivity contribution in [3.63, 3.8) is 0 Å². The molecule has 1 N–H and O–H groups in total. The third kappa shape index (κ3) is 5.04. The second kappa shape index (κ2) is 8.13. The van der Waals surface area contributed by atoms with Crippen LogP contribution in [0.2, 0.25) is 5.02 Å². The summed E-state index contributed by atoms with van der Waals surface area (Å²) in [6, 6.07) is 11.7. The molecule has 128 valence electrons. The minimum atomic E-state index is -0.451. The molecule has 0 atom stereocenters. The lowest BCUT2D eigenvalue weighted by Gasteiger charge is -2.07. The molecule has 1 aliphatic heterocycles. The molecule has 2 aromatic rings. The maximum absolute atomic E-state index is 13.1. The Kier molecular flexibility index (Phi) is 5.67. The second-order valence-electron chi connectivity index (χ2n) is 5.09. The number of hydrogen-bond acceptors (Lipinski definition) is 5. The van der Waals surface area contributed by atoms with E-state index < -0.39 is 5.82 Å². The van der Waals surface area contributed by atoms with Gasteiger partial charge in [0, 0.05) is 0 Å². The molecule has 5 nitrogen and oxygen atoms in total. The van der Waals surface area contributed by atoms with Crippen LogP contribution in [-0.2, 0) is 11.4 Å². The monoisotopic (exact) mass is 377 g/mol. The summed E-state index contributed by atoms with van der Waals surface area (Å²) in [6.07, 6.45) is 1.58. The Labute approximate surface area is 152 Å². The van der Waals surface area contributed by atoms with E-state index >= 15 is 0 Å². The number of halogens is 2. The number of rotatable bonds is 5. The molecule has 1 heterocycles. The molecule has 3 rings (SSSR count). The molecule has 1 amide bonds. The van der Waals surface area contributed by atoms with Crippen LogP contribution in [0.1, 0.15) is 11.1 Å². The molecule has 25 heavy (non-hydrogen) atoms. The molecule has 8 heteroatoms. The summed E-state index contributed by atoms with van der Waals surface area (Å²) in [7, 11) is 0. The molecular weight excluding hydrogens is 365 g/mol. The number of carbonyl (C=O) groups is 1. The smallest absolute Gasteiger partial charge is 0.236 e. The minimum absolute atomic E-state index is 0.0668. The number of ether oxygens (including phenoxy) is 1. The van der Waals surface area contributed by atoms with Gasteiger partial charge in [0.15, 0.2) is 5.17 Å². The Morgan fingerprint density at radius 1 is 1.28 bits per heavy atom. The number of nitrogens with one attached hydrogen (secondary N) is 1. The third-order valence-corrected chi connectivity index (χ3v) is 4.36. The third-order valence-electron chi connectivity index (χ3n) is 3.21. The van der Waals surface area contributed by atoms with Crippen LogP contribution in [0.3, 0.4) is 0 Å². The van der Waals surface area contributed by atoms with Gasteiger partial charge in [0.2, 0.25) is 5.91 Å². The van der Waals surface area contributed by atoms with E-state index in [0.717, 1.165) is 11.1 Å². The van der Waals surface area contributed by atoms with Gasteiger partial charge in [-0.2, -0.15) is 5.10 Å². The van der Waals surface area contributed by atoms with Gasteiger partial charge >= 0.3 is 0 Å². The van der Waals surface area contributed by atoms with Crippen molar-refractivity contribution in [3.8, 4) is 5.75 Å². The number of amides is 1. The Bertz CT molecular complexity index is 840. The fourth-order valence-electron chi connectivity index (χ4n) is 1.97. The number of nitrogens with zero attached hydrogens (tertiary/aromatic N) is 2. The molecule has 0 unspecified atom stereocenters. The zero-order valence-corrected chi connectivity index (χ0v) is 14.5. The van der Waals surface area contributed by atoms with Gasteiger partial charge in [-0.1, -0.05) is 29.4 Å². The molecule has 0 aromatic heterocycles. The van der Waals surface area contributed by atoms with Crippen LogP contribution in [0.15, 0.2) is 52.7 Å². The van der Waals surface area contributed by atoms with E-state index in [0.29, 0.717) is 16.7 Å². The summed E-state index contributed by atoms with van der Waals surface area (Å²) in [5, 5.41) is 11.0. The van der Waals surface area contributed by atoms with Crippen LogP contribution in [0.5, 0.6) is 5.75 Å². The Hall–Kier alpha value is -2.38. The minimum Gasteiger partial charge on any atom is -0.489 e. The summed E-state index contributed by atoms with van der Waals surface area (Å²) in [4.78, 5) is 11.0. The summed E-state index contributed by atoms with van der Waals surface area (Å²) in [5.74, 6) is 0.526. The Balaban J connectivity index is 1.55. The van der Waals surface area contributed by atoms with E-state index in [1.807, 2.05) is 12.1 Å². The largest absolute Gasteiger partial charge is 0.489 e. The van der Waals surface area contributed by atoms with Crippen molar-refractivity contribution in [1.29, 1.82) is 0 Å². The second-order valence-corrected chi connectivity index (χ2v) is 6.46. The van der Waals surface area contributed by atoms with Gasteiger partial charge < -0.3 is 10.1 Å².